The fraction of sp³-hybridized carbons (Fsp3) is 0.250. The second kappa shape index (κ2) is 3.42. The van der Waals surface area contributed by atoms with Crippen LogP contribution in [0.1, 0.15) is 6.92 Å². The first-order chi connectivity index (χ1) is 4.83. The van der Waals surface area contributed by atoms with Gasteiger partial charge in [-0.15, -0.1) is 0 Å². The van der Waals surface area contributed by atoms with Crippen LogP contribution < -0.4 is 5.32 Å². The molecule has 2 heteroatoms. The molecule has 1 aromatic carbocycles. The molecule has 1 nitrogen and oxygen atoms in total. The smallest absolute Gasteiger partial charge is 0.0397 e. The Morgan fingerprint density at radius 3 is 2.90 bits per heavy atom. The lowest BCUT2D eigenvalue weighted by atomic mass is 10.3. The van der Waals surface area contributed by atoms with Gasteiger partial charge in [-0.2, -0.15) is 0 Å². The van der Waals surface area contributed by atoms with Crippen molar-refractivity contribution in [1.82, 2.24) is 0 Å². The number of anilines is 1. The van der Waals surface area contributed by atoms with Crippen LogP contribution in [-0.2, 0) is 0 Å². The van der Waals surface area contributed by atoms with Gasteiger partial charge in [-0.3, -0.25) is 0 Å². The molecule has 0 amide bonds. The molecule has 0 unspecified atom stereocenters. The predicted molar refractivity (Wildman–Crippen MR) is 46.5 cm³/mol. The summed E-state index contributed by atoms with van der Waals surface area (Å²) in [5.41, 5.74) is 1.11. The molecule has 0 saturated carbocycles. The summed E-state index contributed by atoms with van der Waals surface area (Å²) < 4.78 is 0. The Kier molecular flexibility index (Phi) is 2.51. The number of nitrogens with one attached hydrogen (secondary N) is 1. The van der Waals surface area contributed by atoms with Gasteiger partial charge in [-0.25, -0.2) is 0 Å². The van der Waals surface area contributed by atoms with E-state index in [1.54, 1.807) is 0 Å². The first-order valence-corrected chi connectivity index (χ1v) is 3.74. The van der Waals surface area contributed by atoms with Gasteiger partial charge in [0.25, 0.3) is 0 Å². The summed E-state index contributed by atoms with van der Waals surface area (Å²) in [6, 6.07) is 7.84. The average molecular weight is 152 g/mol. The van der Waals surface area contributed by atoms with Crippen molar-refractivity contribution in [3.8, 4) is 0 Å². The van der Waals surface area contributed by atoms with Crippen LogP contribution in [0.15, 0.2) is 29.2 Å². The first kappa shape index (κ1) is 7.35. The van der Waals surface area contributed by atoms with E-state index >= 15 is 0 Å². The number of hydrogen-bond acceptors (Lipinski definition) is 1. The molecule has 1 radical (unpaired) electrons. The highest BCUT2D eigenvalue weighted by molar-refractivity contribution is 7.80. The Morgan fingerprint density at radius 1 is 1.50 bits per heavy atom. The molecule has 0 fully saturated rings. The molecular formula is C8H10NS. The third-order valence-corrected chi connectivity index (χ3v) is 1.47. The normalized spacial score (nSPS) is 9.30. The standard InChI is InChI=1S/C8H10NS/c1-2-9-7-4-3-5-8(10)6-7/h3-6,9H,2H2,1H3. The van der Waals surface area contributed by atoms with Crippen LogP contribution in [0.3, 0.4) is 0 Å². The van der Waals surface area contributed by atoms with E-state index in [0.717, 1.165) is 17.1 Å². The highest BCUT2D eigenvalue weighted by Crippen LogP contribution is 2.12. The molecule has 0 aliphatic rings. The highest BCUT2D eigenvalue weighted by Gasteiger charge is 1.88. The van der Waals surface area contributed by atoms with Gasteiger partial charge < -0.3 is 5.32 Å². The lowest BCUT2D eigenvalue weighted by Gasteiger charge is -2.01. The SMILES string of the molecule is CCNc1cccc([S])c1. The minimum absolute atomic E-state index is 0.887. The Labute approximate surface area is 66.9 Å². The van der Waals surface area contributed by atoms with Crippen molar-refractivity contribution in [3.05, 3.63) is 24.3 Å². The maximum atomic E-state index is 4.97. The molecule has 53 valence electrons. The highest BCUT2D eigenvalue weighted by atomic mass is 32.1. The summed E-state index contributed by atoms with van der Waals surface area (Å²) in [6.07, 6.45) is 0. The van der Waals surface area contributed by atoms with Gasteiger partial charge in [0.15, 0.2) is 0 Å². The van der Waals surface area contributed by atoms with Crippen molar-refractivity contribution >= 4 is 18.3 Å². The summed E-state index contributed by atoms with van der Waals surface area (Å²) in [4.78, 5) is 0.887. The van der Waals surface area contributed by atoms with Crippen LogP contribution in [-0.4, -0.2) is 6.54 Å². The van der Waals surface area contributed by atoms with E-state index in [4.69, 9.17) is 12.6 Å². The van der Waals surface area contributed by atoms with Gasteiger partial charge in [0, 0.05) is 17.1 Å². The molecule has 0 aromatic heterocycles. The number of hydrogen-bond donors (Lipinski definition) is 1. The molecule has 0 aliphatic carbocycles. The van der Waals surface area contributed by atoms with Crippen LogP contribution in [0, 0.1) is 0 Å². The van der Waals surface area contributed by atoms with Crippen molar-refractivity contribution in [3.63, 3.8) is 0 Å². The third-order valence-electron chi connectivity index (χ3n) is 1.21. The summed E-state index contributed by atoms with van der Waals surface area (Å²) in [7, 11) is 0. The summed E-state index contributed by atoms with van der Waals surface area (Å²) in [5.74, 6) is 0. The second-order valence-electron chi connectivity index (χ2n) is 2.06. The Balaban J connectivity index is 2.75. The van der Waals surface area contributed by atoms with Gasteiger partial charge in [-0.1, -0.05) is 18.7 Å². The predicted octanol–water partition coefficient (Wildman–Crippen LogP) is 2.67. The molecule has 1 N–H and O–H groups in total. The molecule has 1 rings (SSSR count). The Bertz CT molecular complexity index is 210. The van der Waals surface area contributed by atoms with Crippen LogP contribution in [0.25, 0.3) is 0 Å². The van der Waals surface area contributed by atoms with Gasteiger partial charge >= 0.3 is 0 Å². The van der Waals surface area contributed by atoms with Crippen LogP contribution in [0.2, 0.25) is 0 Å². The van der Waals surface area contributed by atoms with Crippen LogP contribution >= 0.6 is 12.6 Å². The molecule has 10 heavy (non-hydrogen) atoms. The largest absolute Gasteiger partial charge is 0.385 e. The first-order valence-electron chi connectivity index (χ1n) is 3.34. The molecule has 0 spiro atoms. The van der Waals surface area contributed by atoms with E-state index in [-0.39, 0.29) is 0 Å². The fourth-order valence-electron chi connectivity index (χ4n) is 0.810. The topological polar surface area (TPSA) is 12.0 Å². The van der Waals surface area contributed by atoms with Crippen molar-refractivity contribution in [1.29, 1.82) is 0 Å². The Hall–Kier alpha value is -0.760. The van der Waals surface area contributed by atoms with Crippen molar-refractivity contribution in [2.75, 3.05) is 11.9 Å². The summed E-state index contributed by atoms with van der Waals surface area (Å²) in [6.45, 7) is 3.01. The fourth-order valence-corrected chi connectivity index (χ4v) is 1.02. The van der Waals surface area contributed by atoms with Crippen molar-refractivity contribution < 1.29 is 0 Å². The minimum Gasteiger partial charge on any atom is -0.385 e. The quantitative estimate of drug-likeness (QED) is 0.687. The van der Waals surface area contributed by atoms with Crippen LogP contribution in [0.4, 0.5) is 5.69 Å². The van der Waals surface area contributed by atoms with E-state index in [1.165, 1.54) is 0 Å². The zero-order valence-corrected chi connectivity index (χ0v) is 6.74. The summed E-state index contributed by atoms with van der Waals surface area (Å²) in [5, 5.41) is 3.18. The lowest BCUT2D eigenvalue weighted by molar-refractivity contribution is 1.21. The third kappa shape index (κ3) is 1.88. The van der Waals surface area contributed by atoms with Crippen LogP contribution in [0.5, 0.6) is 0 Å². The molecule has 0 atom stereocenters. The molecular weight excluding hydrogens is 142 g/mol. The van der Waals surface area contributed by atoms with Gasteiger partial charge in [0.1, 0.15) is 0 Å². The molecule has 0 saturated heterocycles. The maximum Gasteiger partial charge on any atom is 0.0397 e. The average Bonchev–Trinajstić information content (AvgIpc) is 1.88. The van der Waals surface area contributed by atoms with Gasteiger partial charge in [0.05, 0.1) is 0 Å². The lowest BCUT2D eigenvalue weighted by Crippen LogP contribution is -1.95. The maximum absolute atomic E-state index is 4.97. The van der Waals surface area contributed by atoms with E-state index in [9.17, 15) is 0 Å². The van der Waals surface area contributed by atoms with E-state index in [0.29, 0.717) is 0 Å². The van der Waals surface area contributed by atoms with Crippen molar-refractivity contribution in [2.24, 2.45) is 0 Å². The van der Waals surface area contributed by atoms with Gasteiger partial charge in [0.2, 0.25) is 0 Å². The molecule has 1 aromatic rings. The van der Waals surface area contributed by atoms with E-state index < -0.39 is 0 Å². The molecule has 0 heterocycles. The zero-order chi connectivity index (χ0) is 7.40. The number of benzene rings is 1. The second-order valence-corrected chi connectivity index (χ2v) is 2.53. The van der Waals surface area contributed by atoms with E-state index in [2.05, 4.69) is 12.2 Å². The summed E-state index contributed by atoms with van der Waals surface area (Å²) >= 11 is 4.97. The molecule has 0 bridgehead atoms. The number of rotatable bonds is 2. The van der Waals surface area contributed by atoms with Crippen molar-refractivity contribution in [2.45, 2.75) is 11.8 Å². The Morgan fingerprint density at radius 2 is 2.30 bits per heavy atom. The van der Waals surface area contributed by atoms with Gasteiger partial charge in [-0.05, 0) is 25.1 Å². The minimum atomic E-state index is 0.887. The monoisotopic (exact) mass is 152 g/mol. The van der Waals surface area contributed by atoms with E-state index in [1.807, 2.05) is 24.3 Å². The molecule has 0 aliphatic heterocycles. The zero-order valence-electron chi connectivity index (χ0n) is 5.92.